The summed E-state index contributed by atoms with van der Waals surface area (Å²) in [5.74, 6) is 0.197. The Kier molecular flexibility index (Phi) is 7.99. The number of hydrogen-bond acceptors (Lipinski definition) is 4. The van der Waals surface area contributed by atoms with Gasteiger partial charge < -0.3 is 10.1 Å². The zero-order valence-corrected chi connectivity index (χ0v) is 21.2. The van der Waals surface area contributed by atoms with Crippen LogP contribution < -0.4 is 14.8 Å². The number of carbonyl (C=O) groups excluding carboxylic acids is 1. The van der Waals surface area contributed by atoms with E-state index in [0.29, 0.717) is 17.0 Å². The predicted molar refractivity (Wildman–Crippen MR) is 137 cm³/mol. The Labute approximate surface area is 202 Å². The summed E-state index contributed by atoms with van der Waals surface area (Å²) in [5, 5.41) is 2.97. The Balaban J connectivity index is 1.68. The van der Waals surface area contributed by atoms with E-state index in [9.17, 15) is 13.2 Å². The van der Waals surface area contributed by atoms with Crippen molar-refractivity contribution in [3.8, 4) is 5.75 Å². The van der Waals surface area contributed by atoms with Gasteiger partial charge in [0.05, 0.1) is 4.90 Å². The number of amides is 1. The van der Waals surface area contributed by atoms with Gasteiger partial charge in [-0.2, -0.15) is 0 Å². The number of sulfonamides is 1. The molecule has 3 aromatic rings. The fourth-order valence-corrected chi connectivity index (χ4v) is 4.83. The van der Waals surface area contributed by atoms with Gasteiger partial charge in [-0.05, 0) is 91.8 Å². The highest BCUT2D eigenvalue weighted by Gasteiger charge is 2.17. The minimum Gasteiger partial charge on any atom is -0.483 e. The summed E-state index contributed by atoms with van der Waals surface area (Å²) in [7, 11) is -3.75. The minimum atomic E-state index is -3.75. The van der Waals surface area contributed by atoms with Gasteiger partial charge in [-0.15, -0.1) is 0 Å². The Bertz CT molecular complexity index is 1280. The number of benzene rings is 3. The zero-order valence-electron chi connectivity index (χ0n) is 20.4. The van der Waals surface area contributed by atoms with Gasteiger partial charge in [0.1, 0.15) is 5.75 Å². The largest absolute Gasteiger partial charge is 0.483 e. The number of ether oxygens (including phenoxy) is 1. The van der Waals surface area contributed by atoms with Crippen LogP contribution in [0.15, 0.2) is 59.5 Å². The van der Waals surface area contributed by atoms with Crippen LogP contribution in [0.1, 0.15) is 41.7 Å². The first-order valence-corrected chi connectivity index (χ1v) is 12.9. The van der Waals surface area contributed by atoms with E-state index >= 15 is 0 Å². The average molecular weight is 481 g/mol. The molecule has 0 atom stereocenters. The molecule has 1 amide bonds. The van der Waals surface area contributed by atoms with E-state index in [-0.39, 0.29) is 17.4 Å². The average Bonchev–Trinajstić information content (AvgIpc) is 2.80. The van der Waals surface area contributed by atoms with Crippen LogP contribution in [0.25, 0.3) is 0 Å². The SMILES string of the molecule is CCc1cccc(CC)c1NC(=O)COc1ccc(S(=O)(=O)Nc2ccc(C)c(C)c2)cc1C. The number of nitrogens with one attached hydrogen (secondary N) is 2. The van der Waals surface area contributed by atoms with Gasteiger partial charge >= 0.3 is 0 Å². The summed E-state index contributed by atoms with van der Waals surface area (Å²) in [6.45, 7) is 9.59. The molecule has 0 heterocycles. The van der Waals surface area contributed by atoms with Crippen molar-refractivity contribution in [2.24, 2.45) is 0 Å². The third-order valence-corrected chi connectivity index (χ3v) is 7.22. The predicted octanol–water partition coefficient (Wildman–Crippen LogP) is 5.55. The van der Waals surface area contributed by atoms with Crippen LogP contribution in [0.3, 0.4) is 0 Å². The van der Waals surface area contributed by atoms with Gasteiger partial charge in [0.15, 0.2) is 6.61 Å². The second kappa shape index (κ2) is 10.7. The van der Waals surface area contributed by atoms with Gasteiger partial charge in [0.2, 0.25) is 0 Å². The monoisotopic (exact) mass is 480 g/mol. The van der Waals surface area contributed by atoms with E-state index in [1.165, 1.54) is 12.1 Å². The van der Waals surface area contributed by atoms with Crippen LogP contribution >= 0.6 is 0 Å². The molecule has 34 heavy (non-hydrogen) atoms. The summed E-state index contributed by atoms with van der Waals surface area (Å²) in [4.78, 5) is 12.7. The molecule has 180 valence electrons. The third-order valence-electron chi connectivity index (χ3n) is 5.84. The number of anilines is 2. The minimum absolute atomic E-state index is 0.129. The summed E-state index contributed by atoms with van der Waals surface area (Å²) in [5.41, 5.74) is 6.23. The molecule has 0 radical (unpaired) electrons. The fraction of sp³-hybridized carbons (Fsp3) is 0.296. The van der Waals surface area contributed by atoms with Gasteiger partial charge in [-0.1, -0.05) is 38.1 Å². The van der Waals surface area contributed by atoms with Crippen molar-refractivity contribution in [3.63, 3.8) is 0 Å². The molecule has 3 aromatic carbocycles. The molecule has 0 saturated heterocycles. The fourth-order valence-electron chi connectivity index (χ4n) is 3.69. The number of rotatable bonds is 9. The molecular formula is C27H32N2O4S. The van der Waals surface area contributed by atoms with Crippen molar-refractivity contribution in [2.45, 2.75) is 52.4 Å². The summed E-state index contributed by atoms with van der Waals surface area (Å²) >= 11 is 0. The molecule has 0 aliphatic carbocycles. The maximum absolute atomic E-state index is 12.8. The van der Waals surface area contributed by atoms with E-state index in [1.807, 2.05) is 38.1 Å². The number of carbonyl (C=O) groups is 1. The van der Waals surface area contributed by atoms with E-state index < -0.39 is 10.0 Å². The molecule has 0 aromatic heterocycles. The standard InChI is InChI=1S/C27H32N2O4S/c1-6-21-9-8-10-22(7-2)27(21)28-26(30)17-33-25-14-13-24(16-20(25)5)34(31,32)29-23-12-11-18(3)19(4)15-23/h8-16,29H,6-7,17H2,1-5H3,(H,28,30). The van der Waals surface area contributed by atoms with Crippen molar-refractivity contribution in [1.29, 1.82) is 0 Å². The second-order valence-electron chi connectivity index (χ2n) is 8.33. The van der Waals surface area contributed by atoms with Crippen LogP contribution in [0.4, 0.5) is 11.4 Å². The lowest BCUT2D eigenvalue weighted by molar-refractivity contribution is -0.118. The summed E-state index contributed by atoms with van der Waals surface area (Å²) in [6, 6.07) is 16.0. The normalized spacial score (nSPS) is 11.2. The smallest absolute Gasteiger partial charge is 0.262 e. The summed E-state index contributed by atoms with van der Waals surface area (Å²) in [6.07, 6.45) is 1.63. The molecule has 2 N–H and O–H groups in total. The Morgan fingerprint density at radius 1 is 0.853 bits per heavy atom. The van der Waals surface area contributed by atoms with Crippen molar-refractivity contribution >= 4 is 27.3 Å². The molecule has 3 rings (SSSR count). The van der Waals surface area contributed by atoms with Crippen LogP contribution in [-0.4, -0.2) is 20.9 Å². The third kappa shape index (κ3) is 5.97. The molecule has 0 unspecified atom stereocenters. The zero-order chi connectivity index (χ0) is 24.9. The topological polar surface area (TPSA) is 84.5 Å². The second-order valence-corrected chi connectivity index (χ2v) is 10.0. The van der Waals surface area contributed by atoms with Crippen LogP contribution in [0.5, 0.6) is 5.75 Å². The lowest BCUT2D eigenvalue weighted by Crippen LogP contribution is -2.22. The molecule has 0 fully saturated rings. The highest BCUT2D eigenvalue weighted by atomic mass is 32.2. The van der Waals surface area contributed by atoms with Crippen molar-refractivity contribution in [2.75, 3.05) is 16.6 Å². The Morgan fingerprint density at radius 2 is 1.53 bits per heavy atom. The highest BCUT2D eigenvalue weighted by Crippen LogP contribution is 2.25. The quantitative estimate of drug-likeness (QED) is 0.420. The van der Waals surface area contributed by atoms with Crippen molar-refractivity contribution < 1.29 is 17.9 Å². The van der Waals surface area contributed by atoms with Crippen molar-refractivity contribution in [1.82, 2.24) is 0 Å². The van der Waals surface area contributed by atoms with Crippen LogP contribution in [0, 0.1) is 20.8 Å². The highest BCUT2D eigenvalue weighted by molar-refractivity contribution is 7.92. The van der Waals surface area contributed by atoms with Gasteiger partial charge in [0.25, 0.3) is 15.9 Å². The number of para-hydroxylation sites is 1. The van der Waals surface area contributed by atoms with Crippen LogP contribution in [0.2, 0.25) is 0 Å². The lowest BCUT2D eigenvalue weighted by Gasteiger charge is -2.15. The first-order chi connectivity index (χ1) is 16.1. The number of aryl methyl sites for hydroxylation is 5. The van der Waals surface area contributed by atoms with E-state index in [1.54, 1.807) is 25.1 Å². The summed E-state index contributed by atoms with van der Waals surface area (Å²) < 4.78 is 34.0. The molecule has 6 nitrogen and oxygen atoms in total. The van der Waals surface area contributed by atoms with Crippen LogP contribution in [-0.2, 0) is 27.7 Å². The molecule has 0 spiro atoms. The molecule has 0 saturated carbocycles. The first-order valence-electron chi connectivity index (χ1n) is 11.4. The van der Waals surface area contributed by atoms with Gasteiger partial charge in [-0.3, -0.25) is 9.52 Å². The maximum atomic E-state index is 12.8. The van der Waals surface area contributed by atoms with E-state index in [0.717, 1.165) is 40.8 Å². The van der Waals surface area contributed by atoms with Gasteiger partial charge in [0, 0.05) is 11.4 Å². The van der Waals surface area contributed by atoms with E-state index in [2.05, 4.69) is 23.9 Å². The molecule has 0 bridgehead atoms. The van der Waals surface area contributed by atoms with Crippen molar-refractivity contribution in [3.05, 3.63) is 82.4 Å². The number of hydrogen-bond donors (Lipinski definition) is 2. The molecule has 7 heteroatoms. The Morgan fingerprint density at radius 3 is 2.12 bits per heavy atom. The van der Waals surface area contributed by atoms with E-state index in [4.69, 9.17) is 4.74 Å². The first kappa shape index (κ1) is 25.3. The molecular weight excluding hydrogens is 448 g/mol. The molecule has 0 aliphatic heterocycles. The lowest BCUT2D eigenvalue weighted by atomic mass is 10.0. The Hall–Kier alpha value is -3.32. The van der Waals surface area contributed by atoms with Gasteiger partial charge in [-0.25, -0.2) is 8.42 Å². The molecule has 0 aliphatic rings. The maximum Gasteiger partial charge on any atom is 0.262 e.